The number of likely N-dealkylation sites (tertiary alicyclic amines) is 1. The molecule has 1 aromatic carbocycles. The summed E-state index contributed by atoms with van der Waals surface area (Å²) in [7, 11) is 0. The average molecular weight is 354 g/mol. The molecule has 1 amide bonds. The minimum absolute atomic E-state index is 0.00646. The molecule has 4 rings (SSSR count). The molecule has 0 spiro atoms. The van der Waals surface area contributed by atoms with Gasteiger partial charge in [0.2, 0.25) is 0 Å². The second kappa shape index (κ2) is 7.78. The molecule has 2 aliphatic rings. The Kier molecular flexibility index (Phi) is 5.25. The number of amides is 1. The quantitative estimate of drug-likeness (QED) is 0.889. The van der Waals surface area contributed by atoms with E-state index in [1.54, 1.807) is 0 Å². The van der Waals surface area contributed by atoms with Crippen molar-refractivity contribution in [1.82, 2.24) is 19.8 Å². The summed E-state index contributed by atoms with van der Waals surface area (Å²) in [5, 5.41) is 3.08. The zero-order valence-corrected chi connectivity index (χ0v) is 15.8. The van der Waals surface area contributed by atoms with Gasteiger partial charge in [0, 0.05) is 30.7 Å². The number of benzene rings is 1. The summed E-state index contributed by atoms with van der Waals surface area (Å²) >= 11 is 0. The lowest BCUT2D eigenvalue weighted by Gasteiger charge is -2.33. The highest BCUT2D eigenvalue weighted by molar-refractivity contribution is 5.97. The molecule has 2 fully saturated rings. The van der Waals surface area contributed by atoms with Crippen molar-refractivity contribution in [1.29, 1.82) is 0 Å². The lowest BCUT2D eigenvalue weighted by atomic mass is 10.0. The number of imidazole rings is 1. The smallest absolute Gasteiger partial charge is 0.251 e. The van der Waals surface area contributed by atoms with Gasteiger partial charge in [0.25, 0.3) is 5.91 Å². The first-order valence-corrected chi connectivity index (χ1v) is 10.2. The number of rotatable bonds is 5. The van der Waals surface area contributed by atoms with E-state index in [1.807, 2.05) is 18.5 Å². The van der Waals surface area contributed by atoms with E-state index in [0.29, 0.717) is 24.2 Å². The van der Waals surface area contributed by atoms with Crippen molar-refractivity contribution in [3.8, 4) is 0 Å². The summed E-state index contributed by atoms with van der Waals surface area (Å²) in [4.78, 5) is 19.5. The van der Waals surface area contributed by atoms with Crippen molar-refractivity contribution < 1.29 is 4.79 Å². The van der Waals surface area contributed by atoms with Crippen LogP contribution in [0.1, 0.15) is 68.3 Å². The Hall–Kier alpha value is -1.88. The fourth-order valence-corrected chi connectivity index (χ4v) is 4.55. The van der Waals surface area contributed by atoms with Gasteiger partial charge in [-0.05, 0) is 57.4 Å². The Morgan fingerprint density at radius 3 is 2.81 bits per heavy atom. The zero-order valence-electron chi connectivity index (χ0n) is 15.8. The van der Waals surface area contributed by atoms with Crippen LogP contribution in [0.2, 0.25) is 0 Å². The molecule has 1 N–H and O–H groups in total. The Labute approximate surface area is 155 Å². The summed E-state index contributed by atoms with van der Waals surface area (Å²) in [5.41, 5.74) is 2.78. The maximum atomic E-state index is 12.5. The Balaban J connectivity index is 1.37. The van der Waals surface area contributed by atoms with Gasteiger partial charge >= 0.3 is 0 Å². The van der Waals surface area contributed by atoms with Crippen LogP contribution in [0.5, 0.6) is 0 Å². The number of nitrogens with one attached hydrogen (secondary N) is 1. The Bertz CT molecular complexity index is 762. The Morgan fingerprint density at radius 2 is 2.00 bits per heavy atom. The molecule has 5 nitrogen and oxygen atoms in total. The predicted octanol–water partition coefficient (Wildman–Crippen LogP) is 3.76. The molecule has 1 aromatic heterocycles. The van der Waals surface area contributed by atoms with E-state index in [0.717, 1.165) is 24.1 Å². The number of carbonyl (C=O) groups is 1. The molecule has 1 saturated carbocycles. The summed E-state index contributed by atoms with van der Waals surface area (Å²) < 4.78 is 2.29. The first kappa shape index (κ1) is 17.5. The monoisotopic (exact) mass is 354 g/mol. The number of fused-ring (bicyclic) bond motifs is 1. The van der Waals surface area contributed by atoms with Gasteiger partial charge in [-0.1, -0.05) is 19.3 Å². The van der Waals surface area contributed by atoms with Gasteiger partial charge in [0.15, 0.2) is 0 Å². The third-order valence-corrected chi connectivity index (χ3v) is 6.18. The molecular weight excluding hydrogens is 324 g/mol. The van der Waals surface area contributed by atoms with E-state index in [4.69, 9.17) is 0 Å². The second-order valence-electron chi connectivity index (χ2n) is 7.93. The van der Waals surface area contributed by atoms with Crippen molar-refractivity contribution in [3.05, 3.63) is 30.1 Å². The van der Waals surface area contributed by atoms with E-state index < -0.39 is 0 Å². The van der Waals surface area contributed by atoms with Crippen LogP contribution >= 0.6 is 0 Å². The molecule has 5 heteroatoms. The van der Waals surface area contributed by atoms with Crippen LogP contribution < -0.4 is 5.32 Å². The van der Waals surface area contributed by atoms with Gasteiger partial charge in [0.05, 0.1) is 17.4 Å². The largest absolute Gasteiger partial charge is 0.351 e. The highest BCUT2D eigenvalue weighted by atomic mass is 16.1. The number of piperidine rings is 1. The minimum Gasteiger partial charge on any atom is -0.351 e. The van der Waals surface area contributed by atoms with Gasteiger partial charge in [-0.15, -0.1) is 0 Å². The highest BCUT2D eigenvalue weighted by Gasteiger charge is 2.20. The third-order valence-electron chi connectivity index (χ3n) is 6.18. The van der Waals surface area contributed by atoms with Crippen LogP contribution in [-0.2, 0) is 0 Å². The summed E-state index contributed by atoms with van der Waals surface area (Å²) in [6.07, 6.45) is 10.9. The van der Waals surface area contributed by atoms with Gasteiger partial charge in [-0.2, -0.15) is 0 Å². The van der Waals surface area contributed by atoms with Gasteiger partial charge in [0.1, 0.15) is 0 Å². The molecule has 2 heterocycles. The molecule has 1 aliphatic heterocycles. The molecule has 0 bridgehead atoms. The van der Waals surface area contributed by atoms with Crippen LogP contribution in [0.4, 0.5) is 0 Å². The summed E-state index contributed by atoms with van der Waals surface area (Å²) in [6.45, 7) is 5.08. The zero-order chi connectivity index (χ0) is 17.9. The van der Waals surface area contributed by atoms with Gasteiger partial charge in [-0.3, -0.25) is 9.69 Å². The first-order valence-electron chi connectivity index (χ1n) is 10.2. The van der Waals surface area contributed by atoms with Gasteiger partial charge in [-0.25, -0.2) is 4.98 Å². The lowest BCUT2D eigenvalue weighted by Crippen LogP contribution is -2.42. The normalized spacial score (nSPS) is 22.1. The van der Waals surface area contributed by atoms with Crippen LogP contribution in [0.3, 0.4) is 0 Å². The van der Waals surface area contributed by atoms with Crippen molar-refractivity contribution in [3.63, 3.8) is 0 Å². The van der Waals surface area contributed by atoms with Crippen LogP contribution in [0, 0.1) is 0 Å². The molecule has 1 atom stereocenters. The Morgan fingerprint density at radius 1 is 1.19 bits per heavy atom. The number of aromatic nitrogens is 2. The van der Waals surface area contributed by atoms with E-state index in [-0.39, 0.29) is 5.91 Å². The van der Waals surface area contributed by atoms with Crippen molar-refractivity contribution in [2.75, 3.05) is 19.6 Å². The van der Waals surface area contributed by atoms with E-state index in [1.165, 1.54) is 44.9 Å². The molecule has 0 radical (unpaired) electrons. The summed E-state index contributed by atoms with van der Waals surface area (Å²) in [6, 6.07) is 7.14. The predicted molar refractivity (Wildman–Crippen MR) is 104 cm³/mol. The van der Waals surface area contributed by atoms with Crippen molar-refractivity contribution in [2.24, 2.45) is 0 Å². The minimum atomic E-state index is 0.00646. The molecule has 140 valence electrons. The van der Waals surface area contributed by atoms with Crippen molar-refractivity contribution >= 4 is 16.9 Å². The third kappa shape index (κ3) is 3.63. The van der Waals surface area contributed by atoms with Crippen LogP contribution in [0.15, 0.2) is 24.5 Å². The number of hydrogen-bond donors (Lipinski definition) is 1. The molecule has 2 aromatic rings. The second-order valence-corrected chi connectivity index (χ2v) is 7.93. The number of hydrogen-bond acceptors (Lipinski definition) is 3. The van der Waals surface area contributed by atoms with Crippen molar-refractivity contribution in [2.45, 2.75) is 64.0 Å². The molecule has 1 aliphatic carbocycles. The van der Waals surface area contributed by atoms with Crippen LogP contribution in [0.25, 0.3) is 11.0 Å². The molecular formula is C21H30N4O. The summed E-state index contributed by atoms with van der Waals surface area (Å²) in [5.74, 6) is 0.00646. The molecule has 1 unspecified atom stereocenters. The standard InChI is InChI=1S/C21H30N4O/c1-16-6-4-5-12-24(16)13-11-22-21(26)17-9-10-20-19(14-17)23-15-25(20)18-7-2-3-8-18/h9-10,14-16,18H,2-8,11-13H2,1H3,(H,22,26). The fourth-order valence-electron chi connectivity index (χ4n) is 4.55. The molecule has 1 saturated heterocycles. The highest BCUT2D eigenvalue weighted by Crippen LogP contribution is 2.32. The van der Waals surface area contributed by atoms with E-state index in [2.05, 4.69) is 32.8 Å². The first-order chi connectivity index (χ1) is 12.7. The SMILES string of the molecule is CC1CCCCN1CCNC(=O)c1ccc2c(c1)ncn2C1CCCC1. The molecule has 26 heavy (non-hydrogen) atoms. The average Bonchev–Trinajstić information content (AvgIpc) is 3.31. The lowest BCUT2D eigenvalue weighted by molar-refractivity contribution is 0.0938. The van der Waals surface area contributed by atoms with E-state index >= 15 is 0 Å². The fraction of sp³-hybridized carbons (Fsp3) is 0.619. The van der Waals surface area contributed by atoms with E-state index in [9.17, 15) is 4.79 Å². The van der Waals surface area contributed by atoms with Gasteiger partial charge < -0.3 is 9.88 Å². The van der Waals surface area contributed by atoms with Crippen LogP contribution in [-0.4, -0.2) is 46.0 Å². The number of nitrogens with zero attached hydrogens (tertiary/aromatic N) is 3. The maximum absolute atomic E-state index is 12.5. The maximum Gasteiger partial charge on any atom is 0.251 e. The topological polar surface area (TPSA) is 50.2 Å². The number of carbonyl (C=O) groups excluding carboxylic acids is 1.